The summed E-state index contributed by atoms with van der Waals surface area (Å²) in [5.74, 6) is 0.0792. The maximum Gasteiger partial charge on any atom is 0.232 e. The van der Waals surface area contributed by atoms with Crippen LogP contribution in [0.1, 0.15) is 15.9 Å². The van der Waals surface area contributed by atoms with E-state index in [9.17, 15) is 4.79 Å². The molecule has 110 valence electrons. The molecular formula is C16H14N4OS. The van der Waals surface area contributed by atoms with Crippen LogP contribution in [-0.4, -0.2) is 16.7 Å². The van der Waals surface area contributed by atoms with E-state index in [2.05, 4.69) is 21.2 Å². The molecule has 0 atom stereocenters. The van der Waals surface area contributed by atoms with Crippen molar-refractivity contribution in [2.45, 2.75) is 6.92 Å². The number of fused-ring (bicyclic) bond motifs is 1. The summed E-state index contributed by atoms with van der Waals surface area (Å²) < 4.78 is 0. The molecule has 3 N–H and O–H groups in total. The zero-order valence-electron chi connectivity index (χ0n) is 11.9. The number of para-hydroxylation sites is 1. The van der Waals surface area contributed by atoms with Crippen LogP contribution in [0.5, 0.6) is 0 Å². The third kappa shape index (κ3) is 2.96. The largest absolute Gasteiger partial charge is 0.335 e. The Labute approximate surface area is 133 Å². The molecular weight excluding hydrogens is 296 g/mol. The Balaban J connectivity index is 1.64. The summed E-state index contributed by atoms with van der Waals surface area (Å²) in [6.07, 6.45) is 0. The predicted octanol–water partition coefficient (Wildman–Crippen LogP) is 2.90. The summed E-state index contributed by atoms with van der Waals surface area (Å²) in [6, 6.07) is 15.1. The number of hydrogen-bond acceptors (Lipinski definition) is 3. The fraction of sp³-hybridized carbons (Fsp3) is 0.0625. The van der Waals surface area contributed by atoms with Crippen LogP contribution in [0, 0.1) is 6.92 Å². The topological polar surface area (TPSA) is 65.5 Å². The molecule has 3 rings (SSSR count). The van der Waals surface area contributed by atoms with Crippen molar-refractivity contribution in [1.82, 2.24) is 5.43 Å². The number of carbonyl (C=O) groups is 1. The molecule has 2 aromatic carbocycles. The van der Waals surface area contributed by atoms with Gasteiger partial charge in [0.1, 0.15) is 0 Å². The van der Waals surface area contributed by atoms with Crippen molar-refractivity contribution >= 4 is 40.3 Å². The van der Waals surface area contributed by atoms with Gasteiger partial charge in [0.15, 0.2) is 10.9 Å². The Kier molecular flexibility index (Phi) is 3.84. The number of Topliss-reactive ketones (excluding diaryl/α,β-unsaturated/α-hetero) is 1. The first-order valence-electron chi connectivity index (χ1n) is 6.75. The molecule has 2 aromatic rings. The number of hydrogen-bond donors (Lipinski definition) is 3. The normalized spacial score (nSPS) is 14.4. The van der Waals surface area contributed by atoms with Crippen LogP contribution in [0.2, 0.25) is 0 Å². The van der Waals surface area contributed by atoms with Crippen molar-refractivity contribution in [1.29, 1.82) is 0 Å². The number of aryl methyl sites for hydroxylation is 1. The molecule has 0 amide bonds. The lowest BCUT2D eigenvalue weighted by Crippen LogP contribution is -2.27. The van der Waals surface area contributed by atoms with Gasteiger partial charge in [0, 0.05) is 11.3 Å². The minimum atomic E-state index is -0.152. The fourth-order valence-corrected chi connectivity index (χ4v) is 2.25. The van der Waals surface area contributed by atoms with E-state index in [0.29, 0.717) is 10.7 Å². The molecule has 0 unspecified atom stereocenters. The van der Waals surface area contributed by atoms with E-state index in [1.807, 2.05) is 49.4 Å². The maximum absolute atomic E-state index is 12.1. The van der Waals surface area contributed by atoms with Gasteiger partial charge in [-0.3, -0.25) is 10.2 Å². The summed E-state index contributed by atoms with van der Waals surface area (Å²) in [5.41, 5.74) is 6.07. The zero-order valence-corrected chi connectivity index (χ0v) is 12.7. The smallest absolute Gasteiger partial charge is 0.232 e. The van der Waals surface area contributed by atoms with Crippen LogP contribution in [0.15, 0.2) is 53.6 Å². The van der Waals surface area contributed by atoms with Crippen LogP contribution in [-0.2, 0) is 0 Å². The van der Waals surface area contributed by atoms with Gasteiger partial charge < -0.3 is 10.6 Å². The summed E-state index contributed by atoms with van der Waals surface area (Å²) in [6.45, 7) is 2.02. The summed E-state index contributed by atoms with van der Waals surface area (Å²) in [7, 11) is 0. The van der Waals surface area contributed by atoms with E-state index in [1.165, 1.54) is 5.56 Å². The molecule has 0 saturated heterocycles. The molecule has 0 bridgehead atoms. The number of hydrazone groups is 1. The van der Waals surface area contributed by atoms with Crippen molar-refractivity contribution in [3.63, 3.8) is 0 Å². The molecule has 1 aliphatic rings. The molecule has 0 saturated carbocycles. The Morgan fingerprint density at radius 1 is 1.14 bits per heavy atom. The van der Waals surface area contributed by atoms with Gasteiger partial charge in [0.25, 0.3) is 0 Å². The lowest BCUT2D eigenvalue weighted by atomic mass is 10.1. The highest BCUT2D eigenvalue weighted by atomic mass is 32.1. The van der Waals surface area contributed by atoms with Gasteiger partial charge >= 0.3 is 0 Å². The highest BCUT2D eigenvalue weighted by molar-refractivity contribution is 7.80. The SMILES string of the molecule is Cc1ccc(NC(=S)NN=C2Nc3ccccc3C2=O)cc1. The highest BCUT2D eigenvalue weighted by Crippen LogP contribution is 2.22. The average molecular weight is 310 g/mol. The van der Waals surface area contributed by atoms with Crippen LogP contribution >= 0.6 is 12.2 Å². The number of carbonyl (C=O) groups excluding carboxylic acids is 1. The number of thiocarbonyl (C=S) groups is 1. The number of ketones is 1. The molecule has 22 heavy (non-hydrogen) atoms. The van der Waals surface area contributed by atoms with E-state index in [1.54, 1.807) is 6.07 Å². The lowest BCUT2D eigenvalue weighted by molar-refractivity contribution is 0.106. The molecule has 1 aliphatic heterocycles. The first-order chi connectivity index (χ1) is 10.6. The van der Waals surface area contributed by atoms with E-state index in [-0.39, 0.29) is 11.6 Å². The molecule has 0 spiro atoms. The number of nitrogens with zero attached hydrogens (tertiary/aromatic N) is 1. The van der Waals surface area contributed by atoms with Gasteiger partial charge in [0.2, 0.25) is 5.78 Å². The summed E-state index contributed by atoms with van der Waals surface area (Å²) in [5, 5.41) is 10.3. The molecule has 6 heteroatoms. The first-order valence-corrected chi connectivity index (χ1v) is 7.16. The van der Waals surface area contributed by atoms with Gasteiger partial charge in [-0.05, 0) is 43.4 Å². The number of rotatable bonds is 2. The number of benzene rings is 2. The number of nitrogens with one attached hydrogen (secondary N) is 3. The third-order valence-corrected chi connectivity index (χ3v) is 3.41. The third-order valence-electron chi connectivity index (χ3n) is 3.22. The summed E-state index contributed by atoms with van der Waals surface area (Å²) >= 11 is 5.16. The Hall–Kier alpha value is -2.73. The van der Waals surface area contributed by atoms with Gasteiger partial charge in [0.05, 0.1) is 5.69 Å². The van der Waals surface area contributed by atoms with E-state index in [0.717, 1.165) is 11.4 Å². The van der Waals surface area contributed by atoms with E-state index >= 15 is 0 Å². The summed E-state index contributed by atoms with van der Waals surface area (Å²) in [4.78, 5) is 12.1. The molecule has 0 fully saturated rings. The van der Waals surface area contributed by atoms with Gasteiger partial charge in [-0.15, -0.1) is 0 Å². The van der Waals surface area contributed by atoms with Crippen LogP contribution in [0.4, 0.5) is 11.4 Å². The fourth-order valence-electron chi connectivity index (χ4n) is 2.08. The monoisotopic (exact) mass is 310 g/mol. The number of amidine groups is 1. The quantitative estimate of drug-likeness (QED) is 0.588. The molecule has 0 aromatic heterocycles. The van der Waals surface area contributed by atoms with Crippen molar-refractivity contribution < 1.29 is 4.79 Å². The standard InChI is InChI=1S/C16H14N4OS/c1-10-6-8-11(9-7-10)17-16(22)20-19-15-14(21)12-4-2-3-5-13(12)18-15/h2-9H,1H3,(H2,17,20,22)(H,18,19,21). The minimum Gasteiger partial charge on any atom is -0.335 e. The van der Waals surface area contributed by atoms with E-state index < -0.39 is 0 Å². The van der Waals surface area contributed by atoms with Crippen molar-refractivity contribution in [2.24, 2.45) is 5.10 Å². The number of anilines is 2. The first kappa shape index (κ1) is 14.2. The van der Waals surface area contributed by atoms with Gasteiger partial charge in [-0.2, -0.15) is 5.10 Å². The van der Waals surface area contributed by atoms with Gasteiger partial charge in [-0.1, -0.05) is 29.8 Å². The van der Waals surface area contributed by atoms with Crippen molar-refractivity contribution in [3.8, 4) is 0 Å². The molecule has 5 nitrogen and oxygen atoms in total. The maximum atomic E-state index is 12.1. The van der Waals surface area contributed by atoms with Crippen LogP contribution < -0.4 is 16.1 Å². The molecule has 0 radical (unpaired) electrons. The molecule has 1 heterocycles. The highest BCUT2D eigenvalue weighted by Gasteiger charge is 2.25. The second kappa shape index (κ2) is 5.95. The minimum absolute atomic E-state index is 0.152. The second-order valence-electron chi connectivity index (χ2n) is 4.89. The lowest BCUT2D eigenvalue weighted by Gasteiger charge is -2.07. The van der Waals surface area contributed by atoms with Gasteiger partial charge in [-0.25, -0.2) is 0 Å². The Bertz CT molecular complexity index is 768. The van der Waals surface area contributed by atoms with Crippen LogP contribution in [0.25, 0.3) is 0 Å². The Morgan fingerprint density at radius 3 is 2.59 bits per heavy atom. The predicted molar refractivity (Wildman–Crippen MR) is 92.4 cm³/mol. The van der Waals surface area contributed by atoms with E-state index in [4.69, 9.17) is 12.2 Å². The van der Waals surface area contributed by atoms with Crippen molar-refractivity contribution in [2.75, 3.05) is 10.6 Å². The van der Waals surface area contributed by atoms with Crippen LogP contribution in [0.3, 0.4) is 0 Å². The molecule has 0 aliphatic carbocycles. The second-order valence-corrected chi connectivity index (χ2v) is 5.30. The average Bonchev–Trinajstić information content (AvgIpc) is 2.84. The van der Waals surface area contributed by atoms with Crippen molar-refractivity contribution in [3.05, 3.63) is 59.7 Å². The zero-order chi connectivity index (χ0) is 15.5. The Morgan fingerprint density at radius 2 is 1.86 bits per heavy atom.